The third kappa shape index (κ3) is 3.12. The van der Waals surface area contributed by atoms with E-state index in [2.05, 4.69) is 17.6 Å². The highest BCUT2D eigenvalue weighted by atomic mass is 16.6. The molecule has 2 aliphatic heterocycles. The zero-order chi connectivity index (χ0) is 12.6. The van der Waals surface area contributed by atoms with Gasteiger partial charge in [0.2, 0.25) is 0 Å². The van der Waals surface area contributed by atoms with Crippen LogP contribution >= 0.6 is 0 Å². The molecule has 2 bridgehead atoms. The molecule has 4 nitrogen and oxygen atoms in total. The predicted molar refractivity (Wildman–Crippen MR) is 66.8 cm³/mol. The Bertz CT molecular complexity index is 292. The molecule has 1 amide bonds. The summed E-state index contributed by atoms with van der Waals surface area (Å²) >= 11 is 0. The molecule has 1 saturated carbocycles. The SMILES string of the molecule is C[C@@H]1C2CC(C2)N[C@@H]1CNC(=O)OC(C)(C)C. The second-order valence-electron chi connectivity index (χ2n) is 6.44. The van der Waals surface area contributed by atoms with E-state index < -0.39 is 5.60 Å². The minimum Gasteiger partial charge on any atom is -0.444 e. The van der Waals surface area contributed by atoms with E-state index in [0.717, 1.165) is 5.92 Å². The molecular formula is C13H24N2O2. The Morgan fingerprint density at radius 2 is 2.06 bits per heavy atom. The number of piperidine rings is 2. The van der Waals surface area contributed by atoms with Gasteiger partial charge in [-0.1, -0.05) is 6.92 Å². The van der Waals surface area contributed by atoms with Crippen LogP contribution < -0.4 is 10.6 Å². The van der Waals surface area contributed by atoms with Gasteiger partial charge in [-0.15, -0.1) is 0 Å². The van der Waals surface area contributed by atoms with E-state index in [1.54, 1.807) is 0 Å². The van der Waals surface area contributed by atoms with E-state index >= 15 is 0 Å². The monoisotopic (exact) mass is 240 g/mol. The van der Waals surface area contributed by atoms with Crippen molar-refractivity contribution in [3.63, 3.8) is 0 Å². The van der Waals surface area contributed by atoms with Crippen LogP contribution in [0.1, 0.15) is 40.5 Å². The third-order valence-corrected chi connectivity index (χ3v) is 3.87. The Hall–Kier alpha value is -0.770. The highest BCUT2D eigenvalue weighted by Crippen LogP contribution is 2.40. The summed E-state index contributed by atoms with van der Waals surface area (Å²) in [6.45, 7) is 8.58. The van der Waals surface area contributed by atoms with E-state index in [0.29, 0.717) is 24.5 Å². The van der Waals surface area contributed by atoms with Crippen molar-refractivity contribution in [1.29, 1.82) is 0 Å². The Labute approximate surface area is 103 Å². The van der Waals surface area contributed by atoms with Gasteiger partial charge in [0.05, 0.1) is 0 Å². The maximum atomic E-state index is 11.5. The molecule has 98 valence electrons. The van der Waals surface area contributed by atoms with Gasteiger partial charge < -0.3 is 15.4 Å². The van der Waals surface area contributed by atoms with Crippen molar-refractivity contribution in [2.75, 3.05) is 6.54 Å². The summed E-state index contributed by atoms with van der Waals surface area (Å²) in [5, 5.41) is 6.44. The van der Waals surface area contributed by atoms with Crippen LogP contribution in [0.25, 0.3) is 0 Å². The number of nitrogens with one attached hydrogen (secondary N) is 2. The lowest BCUT2D eigenvalue weighted by molar-refractivity contribution is 0.0392. The number of alkyl carbamates (subject to hydrolysis) is 1. The summed E-state index contributed by atoms with van der Waals surface area (Å²) in [6, 6.07) is 1.08. The fourth-order valence-electron chi connectivity index (χ4n) is 2.76. The quantitative estimate of drug-likeness (QED) is 0.775. The second-order valence-corrected chi connectivity index (χ2v) is 6.44. The van der Waals surface area contributed by atoms with Crippen molar-refractivity contribution in [1.82, 2.24) is 10.6 Å². The fourth-order valence-corrected chi connectivity index (χ4v) is 2.76. The molecule has 3 aliphatic rings. The zero-order valence-corrected chi connectivity index (χ0v) is 11.2. The van der Waals surface area contributed by atoms with Crippen LogP contribution in [0.15, 0.2) is 0 Å². The first kappa shape index (κ1) is 12.7. The minimum atomic E-state index is -0.419. The summed E-state index contributed by atoms with van der Waals surface area (Å²) < 4.78 is 5.22. The van der Waals surface area contributed by atoms with Crippen LogP contribution in [0.4, 0.5) is 4.79 Å². The molecule has 0 radical (unpaired) electrons. The highest BCUT2D eigenvalue weighted by molar-refractivity contribution is 5.67. The Kier molecular flexibility index (Phi) is 3.34. The summed E-state index contributed by atoms with van der Waals surface area (Å²) in [5.74, 6) is 1.50. The molecule has 0 spiro atoms. The van der Waals surface area contributed by atoms with Gasteiger partial charge in [0.25, 0.3) is 0 Å². The summed E-state index contributed by atoms with van der Waals surface area (Å²) in [4.78, 5) is 11.5. The topological polar surface area (TPSA) is 50.4 Å². The van der Waals surface area contributed by atoms with E-state index in [9.17, 15) is 4.79 Å². The van der Waals surface area contributed by atoms with Gasteiger partial charge in [-0.25, -0.2) is 4.79 Å². The average Bonchev–Trinajstić information content (AvgIpc) is 2.11. The molecule has 1 aliphatic carbocycles. The largest absolute Gasteiger partial charge is 0.444 e. The number of rotatable bonds is 2. The maximum Gasteiger partial charge on any atom is 0.407 e. The van der Waals surface area contributed by atoms with E-state index in [4.69, 9.17) is 4.74 Å². The van der Waals surface area contributed by atoms with Crippen molar-refractivity contribution >= 4 is 6.09 Å². The molecule has 0 aromatic heterocycles. The molecule has 2 heterocycles. The number of carbonyl (C=O) groups is 1. The summed E-state index contributed by atoms with van der Waals surface area (Å²) in [5.41, 5.74) is -0.419. The van der Waals surface area contributed by atoms with Crippen molar-refractivity contribution in [3.05, 3.63) is 0 Å². The van der Waals surface area contributed by atoms with Gasteiger partial charge in [-0.3, -0.25) is 0 Å². The molecule has 3 rings (SSSR count). The molecule has 0 unspecified atom stereocenters. The molecule has 4 heteroatoms. The fraction of sp³-hybridized carbons (Fsp3) is 0.923. The van der Waals surface area contributed by atoms with E-state index in [-0.39, 0.29) is 6.09 Å². The van der Waals surface area contributed by atoms with Gasteiger partial charge in [0.15, 0.2) is 0 Å². The normalized spacial score (nSPS) is 36.0. The van der Waals surface area contributed by atoms with Crippen molar-refractivity contribution < 1.29 is 9.53 Å². The van der Waals surface area contributed by atoms with Crippen molar-refractivity contribution in [3.8, 4) is 0 Å². The lowest BCUT2D eigenvalue weighted by Gasteiger charge is -2.51. The molecule has 0 aromatic rings. The average molecular weight is 240 g/mol. The lowest BCUT2D eigenvalue weighted by atomic mass is 9.66. The third-order valence-electron chi connectivity index (χ3n) is 3.87. The van der Waals surface area contributed by atoms with E-state index in [1.165, 1.54) is 12.8 Å². The number of hydrogen-bond acceptors (Lipinski definition) is 3. The minimum absolute atomic E-state index is 0.314. The lowest BCUT2D eigenvalue weighted by Crippen LogP contribution is -2.61. The molecule has 2 atom stereocenters. The predicted octanol–water partition coefficient (Wildman–Crippen LogP) is 1.90. The van der Waals surface area contributed by atoms with Gasteiger partial charge in [0.1, 0.15) is 5.60 Å². The van der Waals surface area contributed by atoms with Crippen molar-refractivity contribution in [2.24, 2.45) is 11.8 Å². The van der Waals surface area contributed by atoms with Crippen molar-refractivity contribution in [2.45, 2.75) is 58.2 Å². The van der Waals surface area contributed by atoms with Gasteiger partial charge in [-0.2, -0.15) is 0 Å². The molecule has 2 N–H and O–H groups in total. The van der Waals surface area contributed by atoms with Crippen LogP contribution in [0, 0.1) is 11.8 Å². The van der Waals surface area contributed by atoms with Crippen LogP contribution in [0.3, 0.4) is 0 Å². The molecule has 17 heavy (non-hydrogen) atoms. The number of carbonyl (C=O) groups excluding carboxylic acids is 1. The number of hydrogen-bond donors (Lipinski definition) is 2. The zero-order valence-electron chi connectivity index (χ0n) is 11.2. The standard InChI is InChI=1S/C13H24N2O2/c1-8-9-5-10(6-9)15-11(8)7-14-12(16)17-13(2,3)4/h8-11,15H,5-7H2,1-4H3,(H,14,16)/t8-,9?,10?,11-/m1/s1. The van der Waals surface area contributed by atoms with Gasteiger partial charge in [-0.05, 0) is 45.4 Å². The maximum absolute atomic E-state index is 11.5. The molecule has 3 fully saturated rings. The first-order chi connectivity index (χ1) is 7.85. The number of amides is 1. The number of ether oxygens (including phenoxy) is 1. The molecular weight excluding hydrogens is 216 g/mol. The first-order valence-corrected chi connectivity index (χ1v) is 6.58. The van der Waals surface area contributed by atoms with Gasteiger partial charge in [0, 0.05) is 18.6 Å². The van der Waals surface area contributed by atoms with Crippen LogP contribution in [0.5, 0.6) is 0 Å². The van der Waals surface area contributed by atoms with Crippen LogP contribution in [0.2, 0.25) is 0 Å². The summed E-state index contributed by atoms with van der Waals surface area (Å²) in [7, 11) is 0. The number of fused-ring (bicyclic) bond motifs is 2. The second kappa shape index (κ2) is 4.48. The Morgan fingerprint density at radius 3 is 2.59 bits per heavy atom. The highest BCUT2D eigenvalue weighted by Gasteiger charge is 2.42. The van der Waals surface area contributed by atoms with Crippen LogP contribution in [-0.2, 0) is 4.74 Å². The smallest absolute Gasteiger partial charge is 0.407 e. The molecule has 0 aromatic carbocycles. The van der Waals surface area contributed by atoms with E-state index in [1.807, 2.05) is 20.8 Å². The molecule has 2 saturated heterocycles. The van der Waals surface area contributed by atoms with Gasteiger partial charge >= 0.3 is 6.09 Å². The first-order valence-electron chi connectivity index (χ1n) is 6.58. The Morgan fingerprint density at radius 1 is 1.41 bits per heavy atom. The van der Waals surface area contributed by atoms with Crippen LogP contribution in [-0.4, -0.2) is 30.3 Å². The summed E-state index contributed by atoms with van der Waals surface area (Å²) in [6.07, 6.45) is 2.31. The Balaban J connectivity index is 1.73.